The predicted molar refractivity (Wildman–Crippen MR) is 94.8 cm³/mol. The molecule has 1 amide bonds. The molecule has 0 spiro atoms. The molecule has 0 saturated heterocycles. The minimum absolute atomic E-state index is 0.127. The van der Waals surface area contributed by atoms with Crippen molar-refractivity contribution in [2.24, 2.45) is 0 Å². The molecule has 0 aliphatic heterocycles. The van der Waals surface area contributed by atoms with Crippen molar-refractivity contribution in [3.63, 3.8) is 0 Å². The van der Waals surface area contributed by atoms with Crippen LogP contribution >= 0.6 is 0 Å². The number of anilines is 1. The molecule has 0 unspecified atom stereocenters. The third-order valence-electron chi connectivity index (χ3n) is 3.79. The van der Waals surface area contributed by atoms with Gasteiger partial charge in [-0.25, -0.2) is 4.79 Å². The van der Waals surface area contributed by atoms with E-state index in [-0.39, 0.29) is 11.5 Å². The number of carboxylic acids is 1. The Morgan fingerprint density at radius 1 is 1.00 bits per heavy atom. The highest BCUT2D eigenvalue weighted by Gasteiger charge is 2.20. The fourth-order valence-corrected chi connectivity index (χ4v) is 2.44. The number of carbonyl (C=O) groups excluding carboxylic acids is 1. The molecule has 2 aromatic rings. The van der Waals surface area contributed by atoms with Gasteiger partial charge < -0.3 is 14.9 Å². The first-order chi connectivity index (χ1) is 11.4. The Morgan fingerprint density at radius 3 is 2.21 bits per heavy atom. The quantitative estimate of drug-likeness (QED) is 0.887. The number of aryl methyl sites for hydroxylation is 1. The maximum absolute atomic E-state index is 13.0. The maximum atomic E-state index is 13.0. The van der Waals surface area contributed by atoms with E-state index in [1.165, 1.54) is 12.1 Å². The zero-order valence-corrected chi connectivity index (χ0v) is 14.2. The molecule has 2 rings (SSSR count). The van der Waals surface area contributed by atoms with Gasteiger partial charge in [0.25, 0.3) is 5.91 Å². The van der Waals surface area contributed by atoms with Gasteiger partial charge in [-0.15, -0.1) is 0 Å². The Bertz CT molecular complexity index is 727. The lowest BCUT2D eigenvalue weighted by Crippen LogP contribution is -2.37. The van der Waals surface area contributed by atoms with E-state index in [9.17, 15) is 9.59 Å². The average Bonchev–Trinajstić information content (AvgIpc) is 2.55. The van der Waals surface area contributed by atoms with Crippen LogP contribution in [0.15, 0.2) is 48.5 Å². The fraction of sp³-hybridized carbons (Fsp3) is 0.263. The normalized spacial score (nSPS) is 10.7. The topological polar surface area (TPSA) is 60.9 Å². The summed E-state index contributed by atoms with van der Waals surface area (Å²) < 4.78 is 0. The van der Waals surface area contributed by atoms with Crippen molar-refractivity contribution in [3.8, 4) is 0 Å². The lowest BCUT2D eigenvalue weighted by atomic mass is 10.0. The molecule has 5 heteroatoms. The number of hydrogen-bond donors (Lipinski definition) is 1. The highest BCUT2D eigenvalue weighted by molar-refractivity contribution is 6.07. The number of likely N-dealkylation sites (N-methyl/N-ethyl adjacent to an activating group) is 1. The molecule has 1 N–H and O–H groups in total. The molecule has 0 fully saturated rings. The van der Waals surface area contributed by atoms with Crippen LogP contribution in [0, 0.1) is 6.92 Å². The number of carboxylic acid groups (broad SMARTS) is 1. The van der Waals surface area contributed by atoms with Crippen molar-refractivity contribution in [3.05, 3.63) is 65.2 Å². The molecule has 5 nitrogen and oxygen atoms in total. The molecule has 0 aliphatic rings. The van der Waals surface area contributed by atoms with Crippen LogP contribution in [0.1, 0.15) is 26.3 Å². The van der Waals surface area contributed by atoms with E-state index in [0.29, 0.717) is 17.7 Å². The number of benzene rings is 2. The Morgan fingerprint density at radius 2 is 1.67 bits per heavy atom. The van der Waals surface area contributed by atoms with Crippen LogP contribution in [0.2, 0.25) is 0 Å². The zero-order chi connectivity index (χ0) is 17.7. The number of carbonyl (C=O) groups is 2. The number of nitrogens with zero attached hydrogens (tertiary/aromatic N) is 2. The molecule has 0 atom stereocenters. The molecule has 2 aromatic carbocycles. The van der Waals surface area contributed by atoms with Crippen molar-refractivity contribution in [2.45, 2.75) is 6.92 Å². The zero-order valence-electron chi connectivity index (χ0n) is 14.2. The SMILES string of the molecule is Cc1cc(C(=O)O)ccc1C(=O)N(CCN(C)C)c1ccccc1. The first kappa shape index (κ1) is 17.7. The van der Waals surface area contributed by atoms with E-state index in [4.69, 9.17) is 5.11 Å². The summed E-state index contributed by atoms with van der Waals surface area (Å²) in [6.45, 7) is 3.04. The second-order valence-electron chi connectivity index (χ2n) is 5.93. The lowest BCUT2D eigenvalue weighted by molar-refractivity contribution is 0.0696. The first-order valence-corrected chi connectivity index (χ1v) is 7.75. The van der Waals surface area contributed by atoms with Crippen molar-refractivity contribution in [2.75, 3.05) is 32.1 Å². The van der Waals surface area contributed by atoms with Gasteiger partial charge in [0.1, 0.15) is 0 Å². The molecule has 0 aliphatic carbocycles. The average molecular weight is 326 g/mol. The number of para-hydroxylation sites is 1. The summed E-state index contributed by atoms with van der Waals surface area (Å²) in [5.74, 6) is -1.12. The Labute approximate surface area is 142 Å². The summed E-state index contributed by atoms with van der Waals surface area (Å²) >= 11 is 0. The second kappa shape index (κ2) is 7.75. The smallest absolute Gasteiger partial charge is 0.335 e. The molecule has 0 bridgehead atoms. The van der Waals surface area contributed by atoms with Crippen LogP contribution < -0.4 is 4.90 Å². The van der Waals surface area contributed by atoms with Gasteiger partial charge in [-0.2, -0.15) is 0 Å². The molecular weight excluding hydrogens is 304 g/mol. The summed E-state index contributed by atoms with van der Waals surface area (Å²) in [5, 5.41) is 9.07. The van der Waals surface area contributed by atoms with Gasteiger partial charge >= 0.3 is 5.97 Å². The van der Waals surface area contributed by atoms with E-state index >= 15 is 0 Å². The largest absolute Gasteiger partial charge is 0.478 e. The third-order valence-corrected chi connectivity index (χ3v) is 3.79. The van der Waals surface area contributed by atoms with Gasteiger partial charge in [0.2, 0.25) is 0 Å². The van der Waals surface area contributed by atoms with E-state index in [1.54, 1.807) is 17.9 Å². The standard InChI is InChI=1S/C19H22N2O3/c1-14-13-15(19(23)24)9-10-17(14)18(22)21(12-11-20(2)3)16-7-5-4-6-8-16/h4-10,13H,11-12H2,1-3H3,(H,23,24). The highest BCUT2D eigenvalue weighted by atomic mass is 16.4. The molecular formula is C19H22N2O3. The fourth-order valence-electron chi connectivity index (χ4n) is 2.44. The predicted octanol–water partition coefficient (Wildman–Crippen LogP) is 2.90. The van der Waals surface area contributed by atoms with Crippen LogP contribution in [-0.2, 0) is 0 Å². The Hall–Kier alpha value is -2.66. The van der Waals surface area contributed by atoms with Crippen LogP contribution in [0.4, 0.5) is 5.69 Å². The molecule has 126 valence electrons. The third kappa shape index (κ3) is 4.20. The van der Waals surface area contributed by atoms with Gasteiger partial charge in [-0.1, -0.05) is 18.2 Å². The summed E-state index contributed by atoms with van der Waals surface area (Å²) in [5.41, 5.74) is 2.18. The van der Waals surface area contributed by atoms with E-state index in [2.05, 4.69) is 0 Å². The molecule has 0 radical (unpaired) electrons. The maximum Gasteiger partial charge on any atom is 0.335 e. The van der Waals surface area contributed by atoms with E-state index < -0.39 is 5.97 Å². The van der Waals surface area contributed by atoms with Crippen molar-refractivity contribution >= 4 is 17.6 Å². The number of amides is 1. The second-order valence-corrected chi connectivity index (χ2v) is 5.93. The summed E-state index contributed by atoms with van der Waals surface area (Å²) in [7, 11) is 3.92. The van der Waals surface area contributed by atoms with Gasteiger partial charge in [0, 0.05) is 24.3 Å². The van der Waals surface area contributed by atoms with E-state index in [0.717, 1.165) is 12.2 Å². The highest BCUT2D eigenvalue weighted by Crippen LogP contribution is 2.19. The minimum Gasteiger partial charge on any atom is -0.478 e. The molecule has 0 saturated carbocycles. The van der Waals surface area contributed by atoms with Gasteiger partial charge in [0.05, 0.1) is 5.56 Å². The van der Waals surface area contributed by atoms with Gasteiger partial charge in [0.15, 0.2) is 0 Å². The number of aromatic carboxylic acids is 1. The van der Waals surface area contributed by atoms with E-state index in [1.807, 2.05) is 49.3 Å². The summed E-state index contributed by atoms with van der Waals surface area (Å²) in [4.78, 5) is 27.8. The number of rotatable bonds is 6. The molecule has 0 aromatic heterocycles. The lowest BCUT2D eigenvalue weighted by Gasteiger charge is -2.25. The van der Waals surface area contributed by atoms with Crippen molar-refractivity contribution in [1.82, 2.24) is 4.90 Å². The summed E-state index contributed by atoms with van der Waals surface area (Å²) in [6, 6.07) is 14.1. The monoisotopic (exact) mass is 326 g/mol. The van der Waals surface area contributed by atoms with Crippen LogP contribution in [0.5, 0.6) is 0 Å². The Kier molecular flexibility index (Phi) is 5.71. The molecule has 24 heavy (non-hydrogen) atoms. The van der Waals surface area contributed by atoms with Crippen molar-refractivity contribution in [1.29, 1.82) is 0 Å². The van der Waals surface area contributed by atoms with Crippen LogP contribution in [0.3, 0.4) is 0 Å². The molecule has 0 heterocycles. The van der Waals surface area contributed by atoms with Gasteiger partial charge in [-0.3, -0.25) is 4.79 Å². The Balaban J connectivity index is 2.35. The minimum atomic E-state index is -0.996. The number of hydrogen-bond acceptors (Lipinski definition) is 3. The van der Waals surface area contributed by atoms with Crippen LogP contribution in [-0.4, -0.2) is 49.1 Å². The van der Waals surface area contributed by atoms with Crippen molar-refractivity contribution < 1.29 is 14.7 Å². The van der Waals surface area contributed by atoms with Gasteiger partial charge in [-0.05, 0) is 56.9 Å². The first-order valence-electron chi connectivity index (χ1n) is 7.75. The van der Waals surface area contributed by atoms with Crippen LogP contribution in [0.25, 0.3) is 0 Å². The summed E-state index contributed by atoms with van der Waals surface area (Å²) in [6.07, 6.45) is 0.